The third-order valence-corrected chi connectivity index (χ3v) is 5.63. The van der Waals surface area contributed by atoms with Crippen LogP contribution in [0.5, 0.6) is 0 Å². The minimum atomic E-state index is -0.0197. The van der Waals surface area contributed by atoms with Crippen molar-refractivity contribution < 1.29 is 4.79 Å². The Kier molecular flexibility index (Phi) is 4.19. The van der Waals surface area contributed by atoms with Crippen molar-refractivity contribution in [3.63, 3.8) is 0 Å². The van der Waals surface area contributed by atoms with Crippen LogP contribution in [0.25, 0.3) is 5.65 Å². The van der Waals surface area contributed by atoms with E-state index in [0.717, 1.165) is 30.1 Å². The largest absolute Gasteiger partial charge is 0.334 e. The van der Waals surface area contributed by atoms with E-state index in [1.165, 1.54) is 5.56 Å². The smallest absolute Gasteiger partial charge is 0.259 e. The molecule has 0 saturated carbocycles. The number of benzene rings is 1. The van der Waals surface area contributed by atoms with Gasteiger partial charge in [0.15, 0.2) is 5.82 Å². The molecule has 1 aromatic carbocycles. The monoisotopic (exact) mass is 389 g/mol. The minimum Gasteiger partial charge on any atom is -0.334 e. The molecule has 29 heavy (non-hydrogen) atoms. The van der Waals surface area contributed by atoms with Gasteiger partial charge in [0, 0.05) is 32.4 Å². The number of nitrogens with zero attached hydrogens (tertiary/aromatic N) is 7. The minimum absolute atomic E-state index is 0.0197. The zero-order valence-corrected chi connectivity index (χ0v) is 16.6. The van der Waals surface area contributed by atoms with E-state index in [1.54, 1.807) is 10.7 Å². The fourth-order valence-corrected chi connectivity index (χ4v) is 4.21. The highest BCUT2D eigenvalue weighted by atomic mass is 16.2. The summed E-state index contributed by atoms with van der Waals surface area (Å²) < 4.78 is 5.84. The molecule has 1 atom stereocenters. The zero-order chi connectivity index (χ0) is 20.0. The van der Waals surface area contributed by atoms with Crippen molar-refractivity contribution in [3.05, 3.63) is 71.7 Å². The van der Waals surface area contributed by atoms with Crippen molar-refractivity contribution in [2.45, 2.75) is 32.4 Å². The van der Waals surface area contributed by atoms with Crippen molar-refractivity contribution >= 4 is 11.6 Å². The van der Waals surface area contributed by atoms with Crippen LogP contribution >= 0.6 is 0 Å². The van der Waals surface area contributed by atoms with Gasteiger partial charge < -0.3 is 14.0 Å². The first-order valence-electron chi connectivity index (χ1n) is 9.86. The van der Waals surface area contributed by atoms with Crippen molar-refractivity contribution in [1.29, 1.82) is 0 Å². The molecular weight excluding hydrogens is 366 g/mol. The van der Waals surface area contributed by atoms with Crippen molar-refractivity contribution in [1.82, 2.24) is 33.8 Å². The van der Waals surface area contributed by atoms with Gasteiger partial charge in [-0.2, -0.15) is 5.10 Å². The summed E-state index contributed by atoms with van der Waals surface area (Å²) in [6.45, 7) is 3.21. The van der Waals surface area contributed by atoms with Gasteiger partial charge in [-0.15, -0.1) is 10.2 Å². The van der Waals surface area contributed by atoms with Gasteiger partial charge >= 0.3 is 0 Å². The van der Waals surface area contributed by atoms with Gasteiger partial charge in [0.1, 0.15) is 17.0 Å². The molecule has 0 radical (unpaired) electrons. The lowest BCUT2D eigenvalue weighted by molar-refractivity contribution is 0.0681. The summed E-state index contributed by atoms with van der Waals surface area (Å²) in [4.78, 5) is 15.0. The number of aromatic nitrogens is 6. The Morgan fingerprint density at radius 1 is 1.14 bits per heavy atom. The highest BCUT2D eigenvalue weighted by Crippen LogP contribution is 2.24. The van der Waals surface area contributed by atoms with Crippen LogP contribution in [0.2, 0.25) is 0 Å². The second kappa shape index (κ2) is 6.88. The highest BCUT2D eigenvalue weighted by molar-refractivity contribution is 5.99. The van der Waals surface area contributed by atoms with E-state index < -0.39 is 0 Å². The number of hydrogen-bond acceptors (Lipinski definition) is 4. The maximum Gasteiger partial charge on any atom is 0.259 e. The molecular formula is C21H23N7O. The van der Waals surface area contributed by atoms with Gasteiger partial charge in [-0.05, 0) is 18.9 Å². The van der Waals surface area contributed by atoms with E-state index in [-0.39, 0.29) is 11.9 Å². The molecule has 3 aromatic heterocycles. The quantitative estimate of drug-likeness (QED) is 0.537. The Balaban J connectivity index is 1.37. The summed E-state index contributed by atoms with van der Waals surface area (Å²) in [5.74, 6) is 1.81. The van der Waals surface area contributed by atoms with Crippen molar-refractivity contribution in [2.75, 3.05) is 6.54 Å². The molecule has 4 heterocycles. The molecule has 1 aliphatic rings. The first-order valence-corrected chi connectivity index (χ1v) is 9.86. The van der Waals surface area contributed by atoms with Gasteiger partial charge in [-0.3, -0.25) is 4.79 Å². The topological polar surface area (TPSA) is 73.2 Å². The number of imidazole rings is 1. The standard InChI is InChI=1S/C21H23N7O/c1-15-13-26(21(29)17-12-22-27-11-10-25(2)20(17)27)14-19-24-23-18(28(15)19)9-8-16-6-4-3-5-7-16/h3-7,10-12,15H,8-9,13-14H2,1-2H3/t15-/m0/s1. The number of rotatable bonds is 4. The van der Waals surface area contributed by atoms with E-state index >= 15 is 0 Å². The van der Waals surface area contributed by atoms with Crippen molar-refractivity contribution in [3.8, 4) is 0 Å². The van der Waals surface area contributed by atoms with Crippen LogP contribution in [-0.2, 0) is 26.4 Å². The lowest BCUT2D eigenvalue weighted by atomic mass is 10.1. The summed E-state index contributed by atoms with van der Waals surface area (Å²) in [5.41, 5.74) is 2.71. The normalized spacial score (nSPS) is 16.3. The maximum absolute atomic E-state index is 13.2. The molecule has 0 N–H and O–H groups in total. The third-order valence-electron chi connectivity index (χ3n) is 5.63. The molecule has 148 valence electrons. The Morgan fingerprint density at radius 2 is 1.97 bits per heavy atom. The molecule has 0 aliphatic carbocycles. The van der Waals surface area contributed by atoms with Gasteiger partial charge in [0.05, 0.1) is 18.8 Å². The first-order chi connectivity index (χ1) is 14.1. The molecule has 4 aromatic rings. The van der Waals surface area contributed by atoms with E-state index in [9.17, 15) is 4.79 Å². The predicted octanol–water partition coefficient (Wildman–Crippen LogP) is 2.27. The van der Waals surface area contributed by atoms with E-state index in [2.05, 4.69) is 51.1 Å². The van der Waals surface area contributed by atoms with Gasteiger partial charge in [-0.25, -0.2) is 4.52 Å². The average Bonchev–Trinajstić information content (AvgIpc) is 3.43. The molecule has 0 bridgehead atoms. The third kappa shape index (κ3) is 3.00. The summed E-state index contributed by atoms with van der Waals surface area (Å²) in [6.07, 6.45) is 7.15. The summed E-state index contributed by atoms with van der Waals surface area (Å²) in [7, 11) is 1.92. The van der Waals surface area contributed by atoms with Crippen LogP contribution in [0.1, 0.15) is 40.5 Å². The molecule has 5 rings (SSSR count). The van der Waals surface area contributed by atoms with Gasteiger partial charge in [0.2, 0.25) is 0 Å². The van der Waals surface area contributed by atoms with Gasteiger partial charge in [0.25, 0.3) is 5.91 Å². The molecule has 8 heteroatoms. The Labute approximate surface area is 168 Å². The van der Waals surface area contributed by atoms with Crippen LogP contribution in [0, 0.1) is 0 Å². The fraction of sp³-hybridized carbons (Fsp3) is 0.333. The van der Waals surface area contributed by atoms with E-state index in [4.69, 9.17) is 0 Å². The molecule has 0 spiro atoms. The van der Waals surface area contributed by atoms with Crippen molar-refractivity contribution in [2.24, 2.45) is 7.05 Å². The fourth-order valence-electron chi connectivity index (χ4n) is 4.21. The van der Waals surface area contributed by atoms with Crippen LogP contribution in [0.15, 0.2) is 48.9 Å². The van der Waals surface area contributed by atoms with Crippen LogP contribution in [0.3, 0.4) is 0 Å². The highest BCUT2D eigenvalue weighted by Gasteiger charge is 2.31. The number of carbonyl (C=O) groups is 1. The Bertz CT molecular complexity index is 1170. The Hall–Kier alpha value is -3.42. The lowest BCUT2D eigenvalue weighted by Crippen LogP contribution is -2.40. The summed E-state index contributed by atoms with van der Waals surface area (Å²) >= 11 is 0. The SMILES string of the molecule is C[C@H]1CN(C(=O)c2cnn3ccn(C)c23)Cc2nnc(CCc3ccccc3)n21. The molecule has 0 saturated heterocycles. The Morgan fingerprint density at radius 3 is 2.79 bits per heavy atom. The molecule has 1 amide bonds. The molecule has 8 nitrogen and oxygen atoms in total. The van der Waals surface area contributed by atoms with E-state index in [0.29, 0.717) is 18.7 Å². The summed E-state index contributed by atoms with van der Waals surface area (Å²) in [6, 6.07) is 10.5. The zero-order valence-electron chi connectivity index (χ0n) is 16.6. The van der Waals surface area contributed by atoms with E-state index in [1.807, 2.05) is 35.0 Å². The second-order valence-electron chi connectivity index (χ2n) is 7.66. The predicted molar refractivity (Wildman–Crippen MR) is 107 cm³/mol. The van der Waals surface area contributed by atoms with Crippen LogP contribution in [0.4, 0.5) is 0 Å². The maximum atomic E-state index is 13.2. The number of fused-ring (bicyclic) bond motifs is 2. The second-order valence-corrected chi connectivity index (χ2v) is 7.66. The number of carbonyl (C=O) groups excluding carboxylic acids is 1. The number of amides is 1. The molecule has 0 fully saturated rings. The van der Waals surface area contributed by atoms with Gasteiger partial charge in [-0.1, -0.05) is 30.3 Å². The molecule has 1 aliphatic heterocycles. The number of hydrogen-bond donors (Lipinski definition) is 0. The van der Waals surface area contributed by atoms with Crippen LogP contribution < -0.4 is 0 Å². The molecule has 0 unspecified atom stereocenters. The average molecular weight is 389 g/mol. The first kappa shape index (κ1) is 17.7. The lowest BCUT2D eigenvalue weighted by Gasteiger charge is -2.32. The summed E-state index contributed by atoms with van der Waals surface area (Å²) in [5, 5.41) is 13.1. The van der Waals surface area contributed by atoms with Crippen LogP contribution in [-0.4, -0.2) is 46.3 Å². The number of aryl methyl sites for hydroxylation is 3.